The van der Waals surface area contributed by atoms with Gasteiger partial charge in [0, 0.05) is 24.9 Å². The Morgan fingerprint density at radius 3 is 2.95 bits per heavy atom. The van der Waals surface area contributed by atoms with Crippen LogP contribution in [0.25, 0.3) is 0 Å². The molecule has 0 saturated carbocycles. The molecule has 0 radical (unpaired) electrons. The van der Waals surface area contributed by atoms with E-state index in [0.29, 0.717) is 13.2 Å². The van der Waals surface area contributed by atoms with E-state index in [1.165, 1.54) is 21.8 Å². The van der Waals surface area contributed by atoms with E-state index in [9.17, 15) is 19.5 Å². The monoisotopic (exact) mass is 265 g/mol. The highest BCUT2D eigenvalue weighted by atomic mass is 16.5. The Hall–Kier alpha value is -2.35. The number of carbonyl (C=O) groups is 2. The number of nitrogens with zero attached hydrogens (tertiary/aromatic N) is 3. The third-order valence-corrected chi connectivity index (χ3v) is 3.20. The Morgan fingerprint density at radius 1 is 1.42 bits per heavy atom. The number of carbonyl (C=O) groups excluding carboxylic acids is 1. The number of amides is 2. The number of pyridine rings is 1. The van der Waals surface area contributed by atoms with E-state index < -0.39 is 12.3 Å². The minimum absolute atomic E-state index is 0.0491. The van der Waals surface area contributed by atoms with Crippen molar-refractivity contribution in [3.05, 3.63) is 34.2 Å². The van der Waals surface area contributed by atoms with Crippen LogP contribution in [-0.2, 0) is 4.74 Å². The number of ether oxygens (including phenoxy) is 1. The van der Waals surface area contributed by atoms with Crippen molar-refractivity contribution in [3.8, 4) is 0 Å². The zero-order valence-corrected chi connectivity index (χ0v) is 9.85. The summed E-state index contributed by atoms with van der Waals surface area (Å²) in [4.78, 5) is 36.4. The van der Waals surface area contributed by atoms with Crippen LogP contribution in [0.2, 0.25) is 0 Å². The molecule has 8 nitrogen and oxygen atoms in total. The van der Waals surface area contributed by atoms with Crippen molar-refractivity contribution in [2.75, 3.05) is 24.8 Å². The fraction of sp³-hybridized carbons (Fsp3) is 0.364. The standard InChI is InChI=1S/C11H11N3O5/c15-7-1-2-13-8(5-7)10(16)12-3-4-19-6-9(12)14(13)11(17)18/h1-2,5,9H,3-4,6H2,(H,17,18). The first kappa shape index (κ1) is 11.7. The summed E-state index contributed by atoms with van der Waals surface area (Å²) in [5.41, 5.74) is -0.287. The van der Waals surface area contributed by atoms with Crippen molar-refractivity contribution in [3.63, 3.8) is 0 Å². The van der Waals surface area contributed by atoms with Gasteiger partial charge in [-0.1, -0.05) is 0 Å². The lowest BCUT2D eigenvalue weighted by molar-refractivity contribution is -0.0151. The number of hydrogen-bond acceptors (Lipinski definition) is 4. The van der Waals surface area contributed by atoms with Crippen LogP contribution in [0.5, 0.6) is 0 Å². The van der Waals surface area contributed by atoms with E-state index >= 15 is 0 Å². The normalized spacial score (nSPS) is 21.9. The lowest BCUT2D eigenvalue weighted by Crippen LogP contribution is -2.66. The van der Waals surface area contributed by atoms with E-state index in [4.69, 9.17) is 4.74 Å². The minimum atomic E-state index is -1.21. The summed E-state index contributed by atoms with van der Waals surface area (Å²) in [6.45, 7) is 0.771. The summed E-state index contributed by atoms with van der Waals surface area (Å²) >= 11 is 0. The van der Waals surface area contributed by atoms with Crippen LogP contribution >= 0.6 is 0 Å². The van der Waals surface area contributed by atoms with Crippen LogP contribution in [0, 0.1) is 0 Å². The first-order chi connectivity index (χ1) is 9.09. The van der Waals surface area contributed by atoms with Gasteiger partial charge in [-0.25, -0.2) is 9.47 Å². The number of rotatable bonds is 0. The number of hydrogen-bond donors (Lipinski definition) is 1. The maximum Gasteiger partial charge on any atom is 0.428 e. The highest BCUT2D eigenvalue weighted by Gasteiger charge is 2.42. The zero-order valence-electron chi connectivity index (χ0n) is 9.85. The summed E-state index contributed by atoms with van der Waals surface area (Å²) in [5.74, 6) is -0.358. The van der Waals surface area contributed by atoms with Gasteiger partial charge in [-0.2, -0.15) is 5.01 Å². The molecule has 2 amide bonds. The van der Waals surface area contributed by atoms with E-state index in [1.54, 1.807) is 0 Å². The molecule has 2 aliphatic rings. The molecule has 19 heavy (non-hydrogen) atoms. The molecule has 1 N–H and O–H groups in total. The third-order valence-electron chi connectivity index (χ3n) is 3.20. The number of carboxylic acid groups (broad SMARTS) is 1. The number of morpholine rings is 1. The van der Waals surface area contributed by atoms with Gasteiger partial charge in [0.1, 0.15) is 5.69 Å². The van der Waals surface area contributed by atoms with Gasteiger partial charge in [-0.05, 0) is 0 Å². The van der Waals surface area contributed by atoms with Crippen LogP contribution in [-0.4, -0.2) is 52.6 Å². The second-order valence-electron chi connectivity index (χ2n) is 4.27. The highest BCUT2D eigenvalue weighted by Crippen LogP contribution is 2.20. The van der Waals surface area contributed by atoms with E-state index in [2.05, 4.69) is 0 Å². The molecule has 8 heteroatoms. The van der Waals surface area contributed by atoms with Gasteiger partial charge < -0.3 is 14.7 Å². The Labute approximate surface area is 107 Å². The maximum absolute atomic E-state index is 12.3. The number of fused-ring (bicyclic) bond motifs is 2. The Kier molecular flexibility index (Phi) is 2.53. The van der Waals surface area contributed by atoms with Crippen molar-refractivity contribution in [2.24, 2.45) is 0 Å². The molecule has 1 aromatic rings. The molecule has 0 bridgehead atoms. The molecule has 1 atom stereocenters. The van der Waals surface area contributed by atoms with Crippen molar-refractivity contribution in [1.29, 1.82) is 0 Å². The van der Waals surface area contributed by atoms with E-state index in [0.717, 1.165) is 11.1 Å². The molecule has 0 spiro atoms. The summed E-state index contributed by atoms with van der Waals surface area (Å²) in [7, 11) is 0. The van der Waals surface area contributed by atoms with Gasteiger partial charge in [0.25, 0.3) is 5.91 Å². The Balaban J connectivity index is 2.18. The van der Waals surface area contributed by atoms with Gasteiger partial charge in [0.05, 0.1) is 13.2 Å². The molecular weight excluding hydrogens is 254 g/mol. The van der Waals surface area contributed by atoms with Gasteiger partial charge >= 0.3 is 6.09 Å². The van der Waals surface area contributed by atoms with Crippen molar-refractivity contribution in [2.45, 2.75) is 6.17 Å². The maximum atomic E-state index is 12.3. The van der Waals surface area contributed by atoms with Gasteiger partial charge in [0.2, 0.25) is 0 Å². The van der Waals surface area contributed by atoms with E-state index in [-0.39, 0.29) is 23.6 Å². The lowest BCUT2D eigenvalue weighted by atomic mass is 10.2. The number of aromatic nitrogens is 1. The smallest absolute Gasteiger partial charge is 0.428 e. The summed E-state index contributed by atoms with van der Waals surface area (Å²) < 4.78 is 6.41. The Bertz CT molecular complexity index is 611. The second kappa shape index (κ2) is 4.09. The molecule has 1 fully saturated rings. The van der Waals surface area contributed by atoms with E-state index in [1.807, 2.05) is 0 Å². The van der Waals surface area contributed by atoms with Crippen molar-refractivity contribution < 1.29 is 19.4 Å². The van der Waals surface area contributed by atoms with Crippen LogP contribution in [0.15, 0.2) is 23.1 Å². The molecule has 0 aliphatic carbocycles. The van der Waals surface area contributed by atoms with Gasteiger partial charge in [-0.15, -0.1) is 0 Å². The average Bonchev–Trinajstić information content (AvgIpc) is 2.39. The summed E-state index contributed by atoms with van der Waals surface area (Å²) in [6, 6.07) is 2.36. The first-order valence-electron chi connectivity index (χ1n) is 5.73. The zero-order chi connectivity index (χ0) is 13.6. The first-order valence-corrected chi connectivity index (χ1v) is 5.73. The van der Waals surface area contributed by atoms with Crippen molar-refractivity contribution in [1.82, 2.24) is 9.58 Å². The topological polar surface area (TPSA) is 92.1 Å². The van der Waals surface area contributed by atoms with Crippen LogP contribution in [0.3, 0.4) is 0 Å². The molecule has 1 unspecified atom stereocenters. The molecule has 1 aromatic heterocycles. The molecule has 1 saturated heterocycles. The quantitative estimate of drug-likeness (QED) is 0.668. The third kappa shape index (κ3) is 1.68. The SMILES string of the molecule is O=C1c2cc(=O)ccn2N(C(=O)O)C2COCCN12. The summed E-state index contributed by atoms with van der Waals surface area (Å²) in [6.07, 6.45) is -0.623. The van der Waals surface area contributed by atoms with Crippen LogP contribution < -0.4 is 10.4 Å². The molecule has 3 heterocycles. The van der Waals surface area contributed by atoms with Crippen LogP contribution in [0.1, 0.15) is 10.5 Å². The van der Waals surface area contributed by atoms with Gasteiger partial charge in [0.15, 0.2) is 11.6 Å². The molecular formula is C11H11N3O5. The largest absolute Gasteiger partial charge is 0.464 e. The lowest BCUT2D eigenvalue weighted by Gasteiger charge is -2.45. The van der Waals surface area contributed by atoms with Crippen LogP contribution in [0.4, 0.5) is 4.79 Å². The highest BCUT2D eigenvalue weighted by molar-refractivity contribution is 5.96. The van der Waals surface area contributed by atoms with Crippen molar-refractivity contribution >= 4 is 12.0 Å². The second-order valence-corrected chi connectivity index (χ2v) is 4.27. The Morgan fingerprint density at radius 2 is 2.21 bits per heavy atom. The predicted molar refractivity (Wildman–Crippen MR) is 62.6 cm³/mol. The fourth-order valence-electron chi connectivity index (χ4n) is 2.36. The molecule has 2 aliphatic heterocycles. The minimum Gasteiger partial charge on any atom is -0.464 e. The molecule has 0 aromatic carbocycles. The average molecular weight is 265 g/mol. The van der Waals surface area contributed by atoms with Gasteiger partial charge in [-0.3, -0.25) is 9.59 Å². The molecule has 3 rings (SSSR count). The predicted octanol–water partition coefficient (Wildman–Crippen LogP) is -0.724. The fourth-order valence-corrected chi connectivity index (χ4v) is 2.36. The summed E-state index contributed by atoms with van der Waals surface area (Å²) in [5, 5.41) is 10.3. The molecule has 100 valence electrons.